The minimum atomic E-state index is -0.522. The van der Waals surface area contributed by atoms with Crippen LogP contribution in [0.25, 0.3) is 11.3 Å². The maximum atomic E-state index is 12.7. The molecule has 2 heterocycles. The zero-order valence-electron chi connectivity index (χ0n) is 22.0. The van der Waals surface area contributed by atoms with E-state index in [0.717, 1.165) is 42.4 Å². The normalized spacial score (nSPS) is 14.2. The summed E-state index contributed by atoms with van der Waals surface area (Å²) in [6.07, 6.45) is 1.29. The molecular weight excluding hydrogens is 488 g/mol. The summed E-state index contributed by atoms with van der Waals surface area (Å²) in [6.45, 7) is 7.09. The molecular formula is C28H34N4O4S. The number of carbonyl (C=O) groups excluding carboxylic acids is 2. The van der Waals surface area contributed by atoms with Gasteiger partial charge in [0.1, 0.15) is 22.0 Å². The van der Waals surface area contributed by atoms with Gasteiger partial charge in [0.05, 0.1) is 5.69 Å². The molecule has 37 heavy (non-hydrogen) atoms. The first kappa shape index (κ1) is 26.5. The highest BCUT2D eigenvalue weighted by molar-refractivity contribution is 7.18. The van der Waals surface area contributed by atoms with Crippen LogP contribution in [0.5, 0.6) is 11.5 Å². The molecule has 0 atom stereocenters. The second kappa shape index (κ2) is 11.2. The number of rotatable bonds is 6. The predicted molar refractivity (Wildman–Crippen MR) is 147 cm³/mol. The molecule has 0 bridgehead atoms. The van der Waals surface area contributed by atoms with Crippen LogP contribution in [-0.2, 0) is 4.74 Å². The molecule has 1 fully saturated rings. The molecule has 0 aliphatic carbocycles. The van der Waals surface area contributed by atoms with Crippen LogP contribution < -0.4 is 15.0 Å². The third-order valence-corrected chi connectivity index (χ3v) is 7.23. The molecule has 4 rings (SSSR count). The quantitative estimate of drug-likeness (QED) is 0.441. The average molecular weight is 523 g/mol. The van der Waals surface area contributed by atoms with Crippen molar-refractivity contribution in [3.8, 4) is 22.8 Å². The highest BCUT2D eigenvalue weighted by Crippen LogP contribution is 2.36. The van der Waals surface area contributed by atoms with Gasteiger partial charge in [0, 0.05) is 38.8 Å². The van der Waals surface area contributed by atoms with Gasteiger partial charge in [-0.25, -0.2) is 9.78 Å². The summed E-state index contributed by atoms with van der Waals surface area (Å²) >= 11 is 1.39. The highest BCUT2D eigenvalue weighted by Gasteiger charge is 2.30. The molecule has 0 unspecified atom stereocenters. The van der Waals surface area contributed by atoms with Crippen LogP contribution in [0.1, 0.15) is 43.3 Å². The molecule has 2 amide bonds. The first-order valence-electron chi connectivity index (χ1n) is 12.4. The molecule has 9 heteroatoms. The summed E-state index contributed by atoms with van der Waals surface area (Å²) in [5.74, 6) is 1.31. The number of hydrogen-bond acceptors (Lipinski definition) is 7. The largest absolute Gasteiger partial charge is 0.457 e. The van der Waals surface area contributed by atoms with Crippen molar-refractivity contribution in [3.63, 3.8) is 0 Å². The monoisotopic (exact) mass is 522 g/mol. The van der Waals surface area contributed by atoms with Gasteiger partial charge < -0.3 is 24.6 Å². The van der Waals surface area contributed by atoms with Crippen molar-refractivity contribution in [1.29, 1.82) is 0 Å². The molecule has 1 N–H and O–H groups in total. The number of nitrogens with zero attached hydrogens (tertiary/aromatic N) is 3. The smallest absolute Gasteiger partial charge is 0.410 e. The summed E-state index contributed by atoms with van der Waals surface area (Å²) in [6, 6.07) is 17.3. The lowest BCUT2D eigenvalue weighted by Crippen LogP contribution is -2.47. The topological polar surface area (TPSA) is 84.0 Å². The molecule has 1 saturated heterocycles. The molecule has 0 radical (unpaired) electrons. The Labute approximate surface area is 222 Å². The Morgan fingerprint density at radius 2 is 1.65 bits per heavy atom. The Balaban J connectivity index is 1.47. The number of carbonyl (C=O) groups is 2. The van der Waals surface area contributed by atoms with Crippen LogP contribution in [0.3, 0.4) is 0 Å². The van der Waals surface area contributed by atoms with Gasteiger partial charge in [0.15, 0.2) is 5.13 Å². The predicted octanol–water partition coefficient (Wildman–Crippen LogP) is 5.80. The van der Waals surface area contributed by atoms with Gasteiger partial charge in [-0.3, -0.25) is 4.79 Å². The molecule has 2 aromatic carbocycles. The summed E-state index contributed by atoms with van der Waals surface area (Å²) in [5, 5.41) is 3.54. The van der Waals surface area contributed by atoms with E-state index in [1.165, 1.54) is 11.3 Å². The molecule has 0 spiro atoms. The number of amides is 2. The molecule has 1 aliphatic rings. The first-order valence-corrected chi connectivity index (χ1v) is 13.2. The van der Waals surface area contributed by atoms with Crippen LogP contribution in [0.2, 0.25) is 0 Å². The average Bonchev–Trinajstić information content (AvgIpc) is 3.33. The minimum absolute atomic E-state index is 0.0982. The van der Waals surface area contributed by atoms with E-state index >= 15 is 0 Å². The SMILES string of the molecule is CNC(=O)c1sc(N2CCC(N(C)C(=O)OC(C)(C)C)CC2)nc1-c1ccc(Oc2ccccc2)cc1. The number of para-hydroxylation sites is 1. The van der Waals surface area contributed by atoms with Crippen molar-refractivity contribution in [2.24, 2.45) is 0 Å². The Kier molecular flexibility index (Phi) is 8.02. The number of anilines is 1. The summed E-state index contributed by atoms with van der Waals surface area (Å²) < 4.78 is 11.4. The van der Waals surface area contributed by atoms with E-state index < -0.39 is 5.60 Å². The van der Waals surface area contributed by atoms with Gasteiger partial charge in [-0.05, 0) is 70.0 Å². The van der Waals surface area contributed by atoms with Gasteiger partial charge in [-0.2, -0.15) is 0 Å². The number of hydrogen-bond donors (Lipinski definition) is 1. The standard InChI is InChI=1S/C28H34N4O4S/c1-28(2,3)36-27(34)31(5)20-15-17-32(18-16-20)26-30-23(24(37-26)25(33)29-4)19-11-13-22(14-12-19)35-21-9-7-6-8-10-21/h6-14,20H,15-18H2,1-5H3,(H,29,33). The second-order valence-corrected chi connectivity index (χ2v) is 11.0. The number of benzene rings is 2. The van der Waals surface area contributed by atoms with Crippen molar-refractivity contribution in [2.45, 2.75) is 45.3 Å². The summed E-state index contributed by atoms with van der Waals surface area (Å²) in [4.78, 5) is 34.5. The third kappa shape index (κ3) is 6.60. The molecule has 8 nitrogen and oxygen atoms in total. The van der Waals surface area contributed by atoms with Crippen LogP contribution in [0.4, 0.5) is 9.93 Å². The van der Waals surface area contributed by atoms with Crippen molar-refractivity contribution >= 4 is 28.5 Å². The number of nitrogens with one attached hydrogen (secondary N) is 1. The van der Waals surface area contributed by atoms with Crippen LogP contribution >= 0.6 is 11.3 Å². The van der Waals surface area contributed by atoms with Gasteiger partial charge in [-0.1, -0.05) is 29.5 Å². The number of piperidine rings is 1. The Bertz CT molecular complexity index is 1210. The van der Waals surface area contributed by atoms with Crippen LogP contribution in [0, 0.1) is 0 Å². The van der Waals surface area contributed by atoms with E-state index in [0.29, 0.717) is 16.3 Å². The molecule has 3 aromatic rings. The lowest BCUT2D eigenvalue weighted by molar-refractivity contribution is 0.0201. The zero-order valence-corrected chi connectivity index (χ0v) is 22.8. The Hall–Kier alpha value is -3.59. The van der Waals surface area contributed by atoms with E-state index in [2.05, 4.69) is 10.2 Å². The first-order chi connectivity index (χ1) is 17.6. The Morgan fingerprint density at radius 1 is 1.03 bits per heavy atom. The maximum absolute atomic E-state index is 12.7. The minimum Gasteiger partial charge on any atom is -0.457 e. The van der Waals surface area contributed by atoms with Crippen molar-refractivity contribution in [2.75, 3.05) is 32.1 Å². The number of thiazole rings is 1. The lowest BCUT2D eigenvalue weighted by Gasteiger charge is -2.37. The van der Waals surface area contributed by atoms with E-state index in [1.54, 1.807) is 19.0 Å². The highest BCUT2D eigenvalue weighted by atomic mass is 32.1. The fourth-order valence-corrected chi connectivity index (χ4v) is 5.23. The number of ether oxygens (including phenoxy) is 2. The van der Waals surface area contributed by atoms with Crippen LogP contribution in [0.15, 0.2) is 54.6 Å². The van der Waals surface area contributed by atoms with Gasteiger partial charge in [0.2, 0.25) is 0 Å². The van der Waals surface area contributed by atoms with Crippen molar-refractivity contribution < 1.29 is 19.1 Å². The molecule has 196 valence electrons. The molecule has 1 aliphatic heterocycles. The second-order valence-electron chi connectivity index (χ2n) is 10.0. The van der Waals surface area contributed by atoms with Gasteiger partial charge in [0.25, 0.3) is 5.91 Å². The number of aromatic nitrogens is 1. The van der Waals surface area contributed by atoms with E-state index in [1.807, 2.05) is 75.4 Å². The molecule has 1 aromatic heterocycles. The lowest BCUT2D eigenvalue weighted by atomic mass is 10.0. The third-order valence-electron chi connectivity index (χ3n) is 6.12. The summed E-state index contributed by atoms with van der Waals surface area (Å²) in [5.41, 5.74) is 0.977. The summed E-state index contributed by atoms with van der Waals surface area (Å²) in [7, 11) is 3.42. The van der Waals surface area contributed by atoms with E-state index in [4.69, 9.17) is 14.5 Å². The van der Waals surface area contributed by atoms with Crippen molar-refractivity contribution in [3.05, 3.63) is 59.5 Å². The van der Waals surface area contributed by atoms with E-state index in [9.17, 15) is 9.59 Å². The van der Waals surface area contributed by atoms with Gasteiger partial charge >= 0.3 is 6.09 Å². The van der Waals surface area contributed by atoms with Crippen LogP contribution in [-0.4, -0.2) is 60.7 Å². The fourth-order valence-electron chi connectivity index (χ4n) is 4.14. The maximum Gasteiger partial charge on any atom is 0.410 e. The Morgan fingerprint density at radius 3 is 2.24 bits per heavy atom. The molecule has 0 saturated carbocycles. The van der Waals surface area contributed by atoms with E-state index in [-0.39, 0.29) is 18.0 Å². The fraction of sp³-hybridized carbons (Fsp3) is 0.393. The van der Waals surface area contributed by atoms with Gasteiger partial charge in [-0.15, -0.1) is 0 Å². The zero-order chi connectivity index (χ0) is 26.6. The van der Waals surface area contributed by atoms with Crippen molar-refractivity contribution in [1.82, 2.24) is 15.2 Å².